The molecule has 1 aliphatic rings. The van der Waals surface area contributed by atoms with Crippen molar-refractivity contribution in [3.05, 3.63) is 42.1 Å². The van der Waals surface area contributed by atoms with Crippen molar-refractivity contribution in [2.24, 2.45) is 0 Å². The first-order chi connectivity index (χ1) is 10.3. The zero-order chi connectivity index (χ0) is 14.7. The van der Waals surface area contributed by atoms with Gasteiger partial charge in [0.25, 0.3) is 5.91 Å². The molecule has 1 N–H and O–H groups in total. The van der Waals surface area contributed by atoms with Crippen molar-refractivity contribution >= 4 is 16.8 Å². The zero-order valence-corrected chi connectivity index (χ0v) is 12.4. The summed E-state index contributed by atoms with van der Waals surface area (Å²) < 4.78 is 0. The number of fused-ring (bicyclic) bond motifs is 1. The van der Waals surface area contributed by atoms with Crippen LogP contribution in [-0.2, 0) is 0 Å². The van der Waals surface area contributed by atoms with E-state index in [0.717, 1.165) is 48.9 Å². The van der Waals surface area contributed by atoms with E-state index in [1.54, 1.807) is 6.20 Å². The van der Waals surface area contributed by atoms with Crippen molar-refractivity contribution in [3.63, 3.8) is 0 Å². The minimum atomic E-state index is 0.135. The fourth-order valence-electron chi connectivity index (χ4n) is 2.97. The second-order valence-corrected chi connectivity index (χ2v) is 5.56. The lowest BCUT2D eigenvalue weighted by Crippen LogP contribution is -2.42. The monoisotopic (exact) mass is 283 g/mol. The molecule has 0 saturated carbocycles. The first-order valence-corrected chi connectivity index (χ1v) is 7.66. The number of nitrogens with zero attached hydrogens (tertiary/aromatic N) is 2. The van der Waals surface area contributed by atoms with Crippen molar-refractivity contribution in [1.29, 1.82) is 0 Å². The van der Waals surface area contributed by atoms with Crippen LogP contribution in [0.2, 0.25) is 0 Å². The van der Waals surface area contributed by atoms with Crippen LogP contribution < -0.4 is 5.32 Å². The Labute approximate surface area is 125 Å². The zero-order valence-electron chi connectivity index (χ0n) is 12.4. The summed E-state index contributed by atoms with van der Waals surface area (Å²) in [7, 11) is 0. The predicted molar refractivity (Wildman–Crippen MR) is 84.3 cm³/mol. The van der Waals surface area contributed by atoms with Gasteiger partial charge in [0.2, 0.25) is 0 Å². The third kappa shape index (κ3) is 2.90. The lowest BCUT2D eigenvalue weighted by atomic mass is 10.1. The number of hydrogen-bond donors (Lipinski definition) is 1. The molecule has 1 unspecified atom stereocenters. The highest BCUT2D eigenvalue weighted by atomic mass is 16.2. The number of benzene rings is 1. The van der Waals surface area contributed by atoms with Gasteiger partial charge >= 0.3 is 0 Å². The van der Waals surface area contributed by atoms with Crippen LogP contribution in [0.1, 0.15) is 30.1 Å². The molecule has 1 saturated heterocycles. The van der Waals surface area contributed by atoms with E-state index in [1.807, 2.05) is 35.2 Å². The average molecular weight is 283 g/mol. The lowest BCUT2D eigenvalue weighted by molar-refractivity contribution is 0.0692. The van der Waals surface area contributed by atoms with E-state index in [2.05, 4.69) is 17.2 Å². The molecule has 0 spiro atoms. The van der Waals surface area contributed by atoms with E-state index in [1.165, 1.54) is 0 Å². The number of rotatable bonds is 4. The fourth-order valence-corrected chi connectivity index (χ4v) is 2.97. The topological polar surface area (TPSA) is 45.2 Å². The molecular formula is C17H21N3O. The van der Waals surface area contributed by atoms with Gasteiger partial charge in [-0.2, -0.15) is 0 Å². The van der Waals surface area contributed by atoms with Gasteiger partial charge in [-0.05, 0) is 43.7 Å². The summed E-state index contributed by atoms with van der Waals surface area (Å²) in [5.41, 5.74) is 1.69. The van der Waals surface area contributed by atoms with Gasteiger partial charge in [-0.15, -0.1) is 0 Å². The van der Waals surface area contributed by atoms with E-state index in [9.17, 15) is 4.79 Å². The molecule has 1 atom stereocenters. The third-order valence-corrected chi connectivity index (χ3v) is 4.05. The first kappa shape index (κ1) is 14.0. The summed E-state index contributed by atoms with van der Waals surface area (Å²) in [6, 6.07) is 10.0. The Balaban J connectivity index is 1.89. The van der Waals surface area contributed by atoms with Crippen LogP contribution in [0.5, 0.6) is 0 Å². The summed E-state index contributed by atoms with van der Waals surface area (Å²) in [5, 5.41) is 4.36. The highest BCUT2D eigenvalue weighted by molar-refractivity contribution is 5.98. The molecule has 0 bridgehead atoms. The van der Waals surface area contributed by atoms with Crippen LogP contribution in [0.25, 0.3) is 10.9 Å². The summed E-state index contributed by atoms with van der Waals surface area (Å²) in [6.07, 6.45) is 3.80. The quantitative estimate of drug-likeness (QED) is 0.937. The number of hydrogen-bond acceptors (Lipinski definition) is 3. The Kier molecular flexibility index (Phi) is 4.15. The van der Waals surface area contributed by atoms with Crippen molar-refractivity contribution in [2.45, 2.75) is 25.8 Å². The van der Waals surface area contributed by atoms with E-state index in [-0.39, 0.29) is 5.91 Å². The van der Waals surface area contributed by atoms with Gasteiger partial charge in [0.1, 0.15) is 0 Å². The van der Waals surface area contributed by atoms with Crippen LogP contribution in [0.4, 0.5) is 0 Å². The van der Waals surface area contributed by atoms with E-state index < -0.39 is 0 Å². The van der Waals surface area contributed by atoms with Gasteiger partial charge in [0.05, 0.1) is 5.52 Å². The molecule has 2 aromatic rings. The molecule has 21 heavy (non-hydrogen) atoms. The van der Waals surface area contributed by atoms with Crippen molar-refractivity contribution < 1.29 is 4.79 Å². The maximum Gasteiger partial charge on any atom is 0.254 e. The molecule has 2 heterocycles. The van der Waals surface area contributed by atoms with Crippen LogP contribution in [-0.4, -0.2) is 41.5 Å². The van der Waals surface area contributed by atoms with Gasteiger partial charge < -0.3 is 10.2 Å². The summed E-state index contributed by atoms with van der Waals surface area (Å²) in [4.78, 5) is 19.2. The summed E-state index contributed by atoms with van der Waals surface area (Å²) >= 11 is 0. The maximum absolute atomic E-state index is 12.8. The van der Waals surface area contributed by atoms with Crippen LogP contribution >= 0.6 is 0 Å². The van der Waals surface area contributed by atoms with Crippen molar-refractivity contribution in [1.82, 2.24) is 15.2 Å². The van der Waals surface area contributed by atoms with Gasteiger partial charge in [-0.25, -0.2) is 0 Å². The molecule has 3 rings (SSSR count). The van der Waals surface area contributed by atoms with E-state index in [4.69, 9.17) is 0 Å². The Hall–Kier alpha value is -1.94. The number of nitrogens with one attached hydrogen (secondary N) is 1. The smallest absolute Gasteiger partial charge is 0.254 e. The standard InChI is InChI=1S/C17H21N3O/c1-2-10-20(15-7-9-18-12-15)17(21)14-5-6-16-13(11-14)4-3-8-19-16/h3-6,8,11,15,18H,2,7,9-10,12H2,1H3. The molecule has 1 aromatic carbocycles. The van der Waals surface area contributed by atoms with Crippen LogP contribution in [0, 0.1) is 0 Å². The minimum absolute atomic E-state index is 0.135. The Morgan fingerprint density at radius 2 is 2.33 bits per heavy atom. The molecule has 0 aliphatic carbocycles. The second-order valence-electron chi connectivity index (χ2n) is 5.56. The highest BCUT2D eigenvalue weighted by Gasteiger charge is 2.26. The van der Waals surface area contributed by atoms with Gasteiger partial charge in [0, 0.05) is 36.3 Å². The Morgan fingerprint density at radius 1 is 1.43 bits per heavy atom. The maximum atomic E-state index is 12.8. The lowest BCUT2D eigenvalue weighted by Gasteiger charge is -2.28. The minimum Gasteiger partial charge on any atom is -0.334 e. The Morgan fingerprint density at radius 3 is 3.10 bits per heavy atom. The van der Waals surface area contributed by atoms with E-state index >= 15 is 0 Å². The molecule has 1 aliphatic heterocycles. The number of carbonyl (C=O) groups excluding carboxylic acids is 1. The van der Waals surface area contributed by atoms with Gasteiger partial charge in [-0.3, -0.25) is 9.78 Å². The van der Waals surface area contributed by atoms with Gasteiger partial charge in [-0.1, -0.05) is 13.0 Å². The molecule has 0 radical (unpaired) electrons. The van der Waals surface area contributed by atoms with Crippen molar-refractivity contribution in [2.75, 3.05) is 19.6 Å². The number of carbonyl (C=O) groups is 1. The largest absolute Gasteiger partial charge is 0.334 e. The van der Waals surface area contributed by atoms with Crippen molar-refractivity contribution in [3.8, 4) is 0 Å². The normalized spacial score (nSPS) is 18.0. The molecule has 1 amide bonds. The summed E-state index contributed by atoms with van der Waals surface area (Å²) in [6.45, 7) is 4.84. The second kappa shape index (κ2) is 6.22. The molecular weight excluding hydrogens is 262 g/mol. The Bertz CT molecular complexity index is 635. The van der Waals surface area contributed by atoms with Gasteiger partial charge in [0.15, 0.2) is 0 Å². The first-order valence-electron chi connectivity index (χ1n) is 7.66. The number of aromatic nitrogens is 1. The fraction of sp³-hybridized carbons (Fsp3) is 0.412. The SMILES string of the molecule is CCCN(C(=O)c1ccc2ncccc2c1)C1CCNC1. The number of pyridine rings is 1. The predicted octanol–water partition coefficient (Wildman–Crippen LogP) is 2.45. The van der Waals surface area contributed by atoms with Crippen LogP contribution in [0.15, 0.2) is 36.5 Å². The number of amides is 1. The van der Waals surface area contributed by atoms with Crippen LogP contribution in [0.3, 0.4) is 0 Å². The average Bonchev–Trinajstić information content (AvgIpc) is 3.05. The summed E-state index contributed by atoms with van der Waals surface area (Å²) in [5.74, 6) is 0.135. The molecule has 1 fully saturated rings. The molecule has 1 aromatic heterocycles. The molecule has 4 nitrogen and oxygen atoms in total. The highest BCUT2D eigenvalue weighted by Crippen LogP contribution is 2.18. The molecule has 4 heteroatoms. The third-order valence-electron chi connectivity index (χ3n) is 4.05. The molecule has 110 valence electrons. The van der Waals surface area contributed by atoms with E-state index in [0.29, 0.717) is 6.04 Å².